The number of aromatic nitrogens is 1. The van der Waals surface area contributed by atoms with Gasteiger partial charge in [-0.15, -0.1) is 0 Å². The molecule has 0 fully saturated rings. The molecule has 114 valence electrons. The minimum Gasteiger partial charge on any atom is -0.485 e. The van der Waals surface area contributed by atoms with Gasteiger partial charge in [0.05, 0.1) is 0 Å². The molecule has 1 aromatic heterocycles. The van der Waals surface area contributed by atoms with Gasteiger partial charge in [-0.3, -0.25) is 4.79 Å². The van der Waals surface area contributed by atoms with E-state index in [2.05, 4.69) is 15.0 Å². The second-order valence-electron chi connectivity index (χ2n) is 4.40. The van der Waals surface area contributed by atoms with Crippen molar-refractivity contribution in [1.29, 1.82) is 0 Å². The molecule has 1 aliphatic rings. The first-order valence-electron chi connectivity index (χ1n) is 6.48. The fraction of sp³-hybridized carbons (Fsp3) is 0.214. The number of ether oxygens (including phenoxy) is 3. The molecule has 1 N–H and O–H groups in total. The second-order valence-corrected chi connectivity index (χ2v) is 4.40. The van der Waals surface area contributed by atoms with Crippen LogP contribution in [0.2, 0.25) is 0 Å². The van der Waals surface area contributed by atoms with Gasteiger partial charge in [-0.25, -0.2) is 4.79 Å². The van der Waals surface area contributed by atoms with E-state index < -0.39 is 24.6 Å². The van der Waals surface area contributed by atoms with E-state index in [4.69, 9.17) is 14.2 Å². The third-order valence-corrected chi connectivity index (χ3v) is 2.82. The zero-order valence-electron chi connectivity index (χ0n) is 11.4. The first-order valence-corrected chi connectivity index (χ1v) is 6.48. The molecule has 1 unspecified atom stereocenters. The summed E-state index contributed by atoms with van der Waals surface area (Å²) in [6.45, 7) is -0.423. The van der Waals surface area contributed by atoms with Crippen molar-refractivity contribution in [3.05, 3.63) is 36.6 Å². The van der Waals surface area contributed by atoms with Gasteiger partial charge in [-0.1, -0.05) is 17.3 Å². The van der Waals surface area contributed by atoms with Gasteiger partial charge in [0.2, 0.25) is 6.10 Å². The highest BCUT2D eigenvalue weighted by atomic mass is 16.6. The average molecular weight is 304 g/mol. The molecule has 0 saturated carbocycles. The third kappa shape index (κ3) is 3.17. The zero-order valence-corrected chi connectivity index (χ0v) is 11.4. The molecule has 0 radical (unpaired) electrons. The number of rotatable bonds is 4. The molecule has 0 bridgehead atoms. The number of hydrogen-bond donors (Lipinski definition) is 1. The number of anilines is 1. The quantitative estimate of drug-likeness (QED) is 0.841. The fourth-order valence-electron chi connectivity index (χ4n) is 1.82. The van der Waals surface area contributed by atoms with Crippen LogP contribution in [0, 0.1) is 0 Å². The van der Waals surface area contributed by atoms with Crippen molar-refractivity contribution in [3.63, 3.8) is 0 Å². The maximum absolute atomic E-state index is 11.9. The van der Waals surface area contributed by atoms with Crippen LogP contribution in [-0.4, -0.2) is 36.4 Å². The van der Waals surface area contributed by atoms with Crippen molar-refractivity contribution in [1.82, 2.24) is 5.16 Å². The Morgan fingerprint density at radius 1 is 1.27 bits per heavy atom. The van der Waals surface area contributed by atoms with Crippen LogP contribution >= 0.6 is 0 Å². The van der Waals surface area contributed by atoms with Crippen LogP contribution in [0.1, 0.15) is 0 Å². The number of nitrogens with one attached hydrogen (secondary N) is 1. The van der Waals surface area contributed by atoms with Crippen LogP contribution in [0.15, 0.2) is 41.1 Å². The van der Waals surface area contributed by atoms with E-state index in [1.807, 2.05) is 0 Å². The maximum Gasteiger partial charge on any atom is 0.351 e. The average Bonchev–Trinajstić information content (AvgIpc) is 3.05. The molecule has 1 aromatic carbocycles. The Bertz CT molecular complexity index is 670. The molecule has 0 spiro atoms. The summed E-state index contributed by atoms with van der Waals surface area (Å²) in [6.07, 6.45) is 0.404. The minimum absolute atomic E-state index is 0.0285. The van der Waals surface area contributed by atoms with Crippen molar-refractivity contribution in [2.45, 2.75) is 6.10 Å². The van der Waals surface area contributed by atoms with Crippen molar-refractivity contribution in [2.24, 2.45) is 0 Å². The summed E-state index contributed by atoms with van der Waals surface area (Å²) in [4.78, 5) is 23.4. The SMILES string of the molecule is O=C(COC(=O)C1COc2ccccc2O1)Nc1ccon1. The van der Waals surface area contributed by atoms with Crippen molar-refractivity contribution < 1.29 is 28.3 Å². The summed E-state index contributed by atoms with van der Waals surface area (Å²) in [5, 5.41) is 5.91. The molecule has 8 nitrogen and oxygen atoms in total. The molecule has 1 amide bonds. The lowest BCUT2D eigenvalue weighted by Gasteiger charge is -2.24. The Hall–Kier alpha value is -3.03. The number of amides is 1. The Labute approximate surface area is 124 Å². The molecule has 3 rings (SSSR count). The van der Waals surface area contributed by atoms with E-state index in [9.17, 15) is 9.59 Å². The van der Waals surface area contributed by atoms with Crippen molar-refractivity contribution >= 4 is 17.7 Å². The Morgan fingerprint density at radius 2 is 2.09 bits per heavy atom. The summed E-state index contributed by atoms with van der Waals surface area (Å²) >= 11 is 0. The first-order chi connectivity index (χ1) is 10.7. The van der Waals surface area contributed by atoms with Crippen molar-refractivity contribution in [2.75, 3.05) is 18.5 Å². The Morgan fingerprint density at radius 3 is 2.86 bits per heavy atom. The number of esters is 1. The molecular weight excluding hydrogens is 292 g/mol. The van der Waals surface area contributed by atoms with Gasteiger partial charge in [0.15, 0.2) is 23.9 Å². The number of nitrogens with zero attached hydrogens (tertiary/aromatic N) is 1. The lowest BCUT2D eigenvalue weighted by molar-refractivity contribution is -0.156. The van der Waals surface area contributed by atoms with E-state index in [1.54, 1.807) is 24.3 Å². The molecule has 22 heavy (non-hydrogen) atoms. The number of para-hydroxylation sites is 2. The fourth-order valence-corrected chi connectivity index (χ4v) is 1.82. The first kappa shape index (κ1) is 13.9. The number of hydrogen-bond acceptors (Lipinski definition) is 7. The van der Waals surface area contributed by atoms with Gasteiger partial charge < -0.3 is 24.1 Å². The van der Waals surface area contributed by atoms with E-state index >= 15 is 0 Å². The van der Waals surface area contributed by atoms with E-state index in [0.717, 1.165) is 0 Å². The summed E-state index contributed by atoms with van der Waals surface area (Å²) in [5.41, 5.74) is 0. The van der Waals surface area contributed by atoms with Crippen LogP contribution in [0.25, 0.3) is 0 Å². The number of fused-ring (bicyclic) bond motifs is 1. The zero-order chi connectivity index (χ0) is 15.4. The van der Waals surface area contributed by atoms with Crippen LogP contribution in [0.5, 0.6) is 11.5 Å². The predicted molar refractivity (Wildman–Crippen MR) is 72.4 cm³/mol. The molecular formula is C14H12N2O6. The van der Waals surface area contributed by atoms with E-state index in [1.165, 1.54) is 12.3 Å². The molecule has 1 atom stereocenters. The topological polar surface area (TPSA) is 99.9 Å². The monoisotopic (exact) mass is 304 g/mol. The lowest BCUT2D eigenvalue weighted by Crippen LogP contribution is -2.39. The summed E-state index contributed by atoms with van der Waals surface area (Å²) < 4.78 is 20.3. The highest BCUT2D eigenvalue weighted by molar-refractivity contribution is 5.92. The van der Waals surface area contributed by atoms with Crippen LogP contribution < -0.4 is 14.8 Å². The highest BCUT2D eigenvalue weighted by Crippen LogP contribution is 2.31. The van der Waals surface area contributed by atoms with E-state index in [0.29, 0.717) is 11.5 Å². The summed E-state index contributed by atoms with van der Waals surface area (Å²) in [6, 6.07) is 8.46. The number of carbonyl (C=O) groups is 2. The van der Waals surface area contributed by atoms with Gasteiger partial charge in [0.1, 0.15) is 12.9 Å². The van der Waals surface area contributed by atoms with Gasteiger partial charge in [-0.05, 0) is 12.1 Å². The normalized spacial score (nSPS) is 15.9. The number of benzene rings is 1. The van der Waals surface area contributed by atoms with Gasteiger partial charge in [0, 0.05) is 6.07 Å². The lowest BCUT2D eigenvalue weighted by atomic mass is 10.2. The molecule has 2 aromatic rings. The summed E-state index contributed by atoms with van der Waals surface area (Å²) in [5.74, 6) is 0.0643. The molecule has 0 saturated heterocycles. The number of carbonyl (C=O) groups excluding carboxylic acids is 2. The van der Waals surface area contributed by atoms with Crippen LogP contribution in [0.3, 0.4) is 0 Å². The van der Waals surface area contributed by atoms with Gasteiger partial charge >= 0.3 is 5.97 Å². The van der Waals surface area contributed by atoms with Gasteiger partial charge in [0.25, 0.3) is 5.91 Å². The summed E-state index contributed by atoms with van der Waals surface area (Å²) in [7, 11) is 0. The third-order valence-electron chi connectivity index (χ3n) is 2.82. The largest absolute Gasteiger partial charge is 0.485 e. The molecule has 0 aliphatic carbocycles. The molecule has 8 heteroatoms. The smallest absolute Gasteiger partial charge is 0.351 e. The maximum atomic E-state index is 11.9. The highest BCUT2D eigenvalue weighted by Gasteiger charge is 2.29. The standard InChI is InChI=1S/C14H12N2O6/c17-13(15-12-5-6-21-16-12)8-20-14(18)11-7-19-9-3-1-2-4-10(9)22-11/h1-6,11H,7-8H2,(H,15,16,17). The van der Waals surface area contributed by atoms with E-state index in [-0.39, 0.29) is 12.4 Å². The van der Waals surface area contributed by atoms with Crippen LogP contribution in [0.4, 0.5) is 5.82 Å². The Kier molecular flexibility index (Phi) is 3.90. The molecule has 1 aliphatic heterocycles. The second kappa shape index (κ2) is 6.17. The van der Waals surface area contributed by atoms with Crippen LogP contribution in [-0.2, 0) is 14.3 Å². The Balaban J connectivity index is 1.49. The molecule has 2 heterocycles. The minimum atomic E-state index is -0.908. The predicted octanol–water partition coefficient (Wildman–Crippen LogP) is 0.996. The van der Waals surface area contributed by atoms with Crippen molar-refractivity contribution in [3.8, 4) is 11.5 Å². The van der Waals surface area contributed by atoms with Gasteiger partial charge in [-0.2, -0.15) is 0 Å².